The molecule has 0 aliphatic rings. The average molecular weight is 383 g/mol. The second kappa shape index (κ2) is 6.47. The molecule has 0 aromatic heterocycles. The van der Waals surface area contributed by atoms with Crippen LogP contribution in [0.2, 0.25) is 0 Å². The number of rotatable bonds is 4. The van der Waals surface area contributed by atoms with Gasteiger partial charge in [0.05, 0.1) is 10.5 Å². The van der Waals surface area contributed by atoms with E-state index in [0.29, 0.717) is 11.1 Å². The van der Waals surface area contributed by atoms with Crippen molar-refractivity contribution in [2.75, 3.05) is 0 Å². The number of nitro benzene ring substituents is 1. The Bertz CT molecular complexity index is 640. The first kappa shape index (κ1) is 14.4. The summed E-state index contributed by atoms with van der Waals surface area (Å²) in [6.45, 7) is 0.0856. The summed E-state index contributed by atoms with van der Waals surface area (Å²) in [6.07, 6.45) is 0. The third-order valence-electron chi connectivity index (χ3n) is 2.58. The van der Waals surface area contributed by atoms with Crippen LogP contribution < -0.4 is 0 Å². The predicted molar refractivity (Wildman–Crippen MR) is 81.4 cm³/mol. The second-order valence-corrected chi connectivity index (χ2v) is 5.26. The van der Waals surface area contributed by atoms with Crippen molar-refractivity contribution in [1.29, 1.82) is 0 Å². The molecule has 0 N–H and O–H groups in total. The van der Waals surface area contributed by atoms with Crippen LogP contribution in [0.4, 0.5) is 5.69 Å². The number of nitrogens with zero attached hydrogens (tertiary/aromatic N) is 1. The molecule has 6 heteroatoms. The summed E-state index contributed by atoms with van der Waals surface area (Å²) < 4.78 is 6.11. The molecule has 0 bridgehead atoms. The minimum Gasteiger partial charge on any atom is -0.457 e. The molecule has 2 rings (SSSR count). The average Bonchev–Trinajstić information content (AvgIpc) is 2.45. The van der Waals surface area contributed by atoms with Crippen molar-refractivity contribution in [1.82, 2.24) is 0 Å². The number of hydrogen-bond donors (Lipinski definition) is 0. The van der Waals surface area contributed by atoms with E-state index in [2.05, 4.69) is 22.6 Å². The fraction of sp³-hybridized carbons (Fsp3) is 0.0714. The summed E-state index contributed by atoms with van der Waals surface area (Å²) in [5.74, 6) is -0.415. The van der Waals surface area contributed by atoms with E-state index < -0.39 is 10.9 Å². The van der Waals surface area contributed by atoms with Crippen LogP contribution in [0.1, 0.15) is 15.9 Å². The van der Waals surface area contributed by atoms with E-state index >= 15 is 0 Å². The highest BCUT2D eigenvalue weighted by atomic mass is 127. The Kier molecular flexibility index (Phi) is 4.67. The standard InChI is InChI=1S/C14H10INO4/c15-12-3-1-2-11(8-12)14(17)20-9-10-4-6-13(7-5-10)16(18)19/h1-8H,9H2. The summed E-state index contributed by atoms with van der Waals surface area (Å²) in [5.41, 5.74) is 1.20. The molecule has 0 fully saturated rings. The van der Waals surface area contributed by atoms with Crippen LogP contribution in [0.15, 0.2) is 48.5 Å². The lowest BCUT2D eigenvalue weighted by atomic mass is 10.2. The third kappa shape index (κ3) is 3.77. The second-order valence-electron chi connectivity index (χ2n) is 4.01. The molecule has 0 heterocycles. The Morgan fingerprint density at radius 2 is 1.90 bits per heavy atom. The van der Waals surface area contributed by atoms with Crippen LogP contribution in [0.3, 0.4) is 0 Å². The van der Waals surface area contributed by atoms with Crippen molar-refractivity contribution in [2.45, 2.75) is 6.61 Å². The molecule has 2 aromatic rings. The quantitative estimate of drug-likeness (QED) is 0.351. The van der Waals surface area contributed by atoms with Gasteiger partial charge < -0.3 is 4.74 Å². The number of ether oxygens (including phenoxy) is 1. The maximum atomic E-state index is 11.8. The van der Waals surface area contributed by atoms with Crippen LogP contribution >= 0.6 is 22.6 Å². The molecule has 2 aromatic carbocycles. The number of carbonyl (C=O) groups excluding carboxylic acids is 1. The van der Waals surface area contributed by atoms with E-state index in [0.717, 1.165) is 3.57 Å². The molecule has 0 radical (unpaired) electrons. The molecule has 0 amide bonds. The summed E-state index contributed by atoms with van der Waals surface area (Å²) in [6, 6.07) is 13.0. The van der Waals surface area contributed by atoms with Gasteiger partial charge in [-0.1, -0.05) is 6.07 Å². The Labute approximate surface area is 128 Å². The molecular formula is C14H10INO4. The Morgan fingerprint density at radius 1 is 1.20 bits per heavy atom. The van der Waals surface area contributed by atoms with Gasteiger partial charge >= 0.3 is 5.97 Å². The van der Waals surface area contributed by atoms with Crippen LogP contribution in [0, 0.1) is 13.7 Å². The highest BCUT2D eigenvalue weighted by molar-refractivity contribution is 14.1. The van der Waals surface area contributed by atoms with E-state index in [1.807, 2.05) is 6.07 Å². The normalized spacial score (nSPS) is 10.1. The monoisotopic (exact) mass is 383 g/mol. The topological polar surface area (TPSA) is 69.4 Å². The van der Waals surface area contributed by atoms with E-state index in [1.165, 1.54) is 12.1 Å². The van der Waals surface area contributed by atoms with Gasteiger partial charge in [-0.2, -0.15) is 0 Å². The van der Waals surface area contributed by atoms with Gasteiger partial charge in [0.2, 0.25) is 0 Å². The van der Waals surface area contributed by atoms with Crippen LogP contribution in [0.5, 0.6) is 0 Å². The van der Waals surface area contributed by atoms with Gasteiger partial charge in [-0.05, 0) is 58.5 Å². The van der Waals surface area contributed by atoms with Gasteiger partial charge in [0.15, 0.2) is 0 Å². The minimum absolute atomic E-state index is 0.0117. The Balaban J connectivity index is 1.98. The van der Waals surface area contributed by atoms with Gasteiger partial charge in [-0.25, -0.2) is 4.79 Å². The molecule has 102 valence electrons. The summed E-state index contributed by atoms with van der Waals surface area (Å²) in [7, 11) is 0. The van der Waals surface area contributed by atoms with E-state index in [9.17, 15) is 14.9 Å². The van der Waals surface area contributed by atoms with Crippen molar-refractivity contribution in [2.24, 2.45) is 0 Å². The highest BCUT2D eigenvalue weighted by Gasteiger charge is 2.09. The molecule has 0 spiro atoms. The first-order chi connectivity index (χ1) is 9.56. The zero-order valence-corrected chi connectivity index (χ0v) is 12.4. The first-order valence-electron chi connectivity index (χ1n) is 5.72. The van der Waals surface area contributed by atoms with E-state index in [1.54, 1.807) is 30.3 Å². The molecule has 20 heavy (non-hydrogen) atoms. The number of carbonyl (C=O) groups is 1. The molecule has 0 saturated heterocycles. The van der Waals surface area contributed by atoms with Gasteiger partial charge in [0.1, 0.15) is 6.61 Å². The van der Waals surface area contributed by atoms with Crippen LogP contribution in [0.25, 0.3) is 0 Å². The summed E-state index contributed by atoms with van der Waals surface area (Å²) in [4.78, 5) is 21.9. The lowest BCUT2D eigenvalue weighted by Crippen LogP contribution is -2.05. The number of hydrogen-bond acceptors (Lipinski definition) is 4. The number of benzene rings is 2. The number of nitro groups is 1. The molecule has 0 atom stereocenters. The Morgan fingerprint density at radius 3 is 2.50 bits per heavy atom. The van der Waals surface area contributed by atoms with Crippen molar-refractivity contribution < 1.29 is 14.5 Å². The molecule has 0 unspecified atom stereocenters. The smallest absolute Gasteiger partial charge is 0.338 e. The van der Waals surface area contributed by atoms with Crippen molar-refractivity contribution in [3.63, 3.8) is 0 Å². The fourth-order valence-electron chi connectivity index (χ4n) is 1.56. The summed E-state index contributed by atoms with van der Waals surface area (Å²) >= 11 is 2.12. The maximum Gasteiger partial charge on any atom is 0.338 e. The molecule has 0 aliphatic carbocycles. The SMILES string of the molecule is O=C(OCc1ccc([N+](=O)[O-])cc1)c1cccc(I)c1. The fourth-order valence-corrected chi connectivity index (χ4v) is 2.10. The summed E-state index contributed by atoms with van der Waals surface area (Å²) in [5, 5.41) is 10.5. The van der Waals surface area contributed by atoms with Gasteiger partial charge in [0.25, 0.3) is 5.69 Å². The largest absolute Gasteiger partial charge is 0.457 e. The van der Waals surface area contributed by atoms with Crippen molar-refractivity contribution in [3.05, 3.63) is 73.3 Å². The lowest BCUT2D eigenvalue weighted by Gasteiger charge is -2.05. The lowest BCUT2D eigenvalue weighted by molar-refractivity contribution is -0.384. The number of halogens is 1. The highest BCUT2D eigenvalue weighted by Crippen LogP contribution is 2.14. The van der Waals surface area contributed by atoms with Crippen molar-refractivity contribution in [3.8, 4) is 0 Å². The van der Waals surface area contributed by atoms with Gasteiger partial charge in [-0.3, -0.25) is 10.1 Å². The number of esters is 1. The van der Waals surface area contributed by atoms with E-state index in [4.69, 9.17) is 4.74 Å². The molecule has 5 nitrogen and oxygen atoms in total. The third-order valence-corrected chi connectivity index (χ3v) is 3.25. The maximum absolute atomic E-state index is 11.8. The minimum atomic E-state index is -0.471. The number of non-ortho nitro benzene ring substituents is 1. The zero-order chi connectivity index (χ0) is 14.5. The van der Waals surface area contributed by atoms with Gasteiger partial charge in [-0.15, -0.1) is 0 Å². The van der Waals surface area contributed by atoms with Crippen LogP contribution in [-0.2, 0) is 11.3 Å². The predicted octanol–water partition coefficient (Wildman–Crippen LogP) is 3.56. The molecule has 0 aliphatic heterocycles. The van der Waals surface area contributed by atoms with Crippen molar-refractivity contribution >= 4 is 34.2 Å². The van der Waals surface area contributed by atoms with Crippen LogP contribution in [-0.4, -0.2) is 10.9 Å². The van der Waals surface area contributed by atoms with E-state index in [-0.39, 0.29) is 12.3 Å². The molecule has 0 saturated carbocycles. The zero-order valence-electron chi connectivity index (χ0n) is 10.3. The first-order valence-corrected chi connectivity index (χ1v) is 6.80. The Hall–Kier alpha value is -1.96. The molecular weight excluding hydrogens is 373 g/mol. The van der Waals surface area contributed by atoms with Gasteiger partial charge in [0, 0.05) is 15.7 Å².